The summed E-state index contributed by atoms with van der Waals surface area (Å²) in [5.74, 6) is 0.553. The Morgan fingerprint density at radius 3 is 2.85 bits per heavy atom. The highest BCUT2D eigenvalue weighted by atomic mass is 32.1. The van der Waals surface area contributed by atoms with Crippen molar-refractivity contribution in [1.29, 1.82) is 0 Å². The smallest absolute Gasteiger partial charge is 0.416 e. The van der Waals surface area contributed by atoms with Crippen LogP contribution in [0.4, 0.5) is 21.6 Å². The number of fused-ring (bicyclic) bond motifs is 3. The Bertz CT molecular complexity index is 1020. The Labute approximate surface area is 160 Å². The number of carbonyl (C=O) groups is 1. The van der Waals surface area contributed by atoms with Gasteiger partial charge in [0.15, 0.2) is 5.13 Å². The van der Waals surface area contributed by atoms with Crippen molar-refractivity contribution in [2.45, 2.75) is 25.8 Å². The summed E-state index contributed by atoms with van der Waals surface area (Å²) in [4.78, 5) is 28.6. The van der Waals surface area contributed by atoms with E-state index in [-0.39, 0.29) is 12.1 Å². The fourth-order valence-electron chi connectivity index (χ4n) is 3.33. The second-order valence-corrected chi connectivity index (χ2v) is 7.60. The Kier molecular flexibility index (Phi) is 3.78. The van der Waals surface area contributed by atoms with Gasteiger partial charge in [-0.15, -0.1) is 0 Å². The van der Waals surface area contributed by atoms with E-state index >= 15 is 0 Å². The number of hydrogen-bond donors (Lipinski definition) is 1. The Morgan fingerprint density at radius 1 is 1.22 bits per heavy atom. The van der Waals surface area contributed by atoms with Crippen molar-refractivity contribution in [3.05, 3.63) is 47.8 Å². The molecule has 1 N–H and O–H groups in total. The minimum Gasteiger partial charge on any atom is -0.447 e. The second kappa shape index (κ2) is 6.31. The summed E-state index contributed by atoms with van der Waals surface area (Å²) >= 11 is 1.49. The molecular formula is C19H17N5O2S. The minimum atomic E-state index is -0.331. The molecule has 1 saturated heterocycles. The van der Waals surface area contributed by atoms with Crippen LogP contribution in [-0.2, 0) is 17.6 Å². The number of rotatable bonds is 3. The lowest BCUT2D eigenvalue weighted by molar-refractivity contribution is 0.179. The van der Waals surface area contributed by atoms with Gasteiger partial charge >= 0.3 is 6.09 Å². The molecule has 2 aliphatic rings. The van der Waals surface area contributed by atoms with E-state index in [1.54, 1.807) is 4.90 Å². The highest BCUT2D eigenvalue weighted by Gasteiger charge is 2.35. The van der Waals surface area contributed by atoms with Crippen LogP contribution in [0, 0.1) is 0 Å². The maximum Gasteiger partial charge on any atom is 0.416 e. The van der Waals surface area contributed by atoms with Crippen molar-refractivity contribution in [2.75, 3.05) is 16.8 Å². The van der Waals surface area contributed by atoms with E-state index in [0.717, 1.165) is 40.4 Å². The Balaban J connectivity index is 1.51. The summed E-state index contributed by atoms with van der Waals surface area (Å²) in [6.07, 6.45) is 3.22. The summed E-state index contributed by atoms with van der Waals surface area (Å²) in [5, 5.41) is 3.92. The van der Waals surface area contributed by atoms with Crippen LogP contribution >= 0.6 is 11.3 Å². The SMILES string of the molecule is CC1COC(=O)N1c1nc2c(s1)-c1nc(Nc3ccccc3)ncc1CC2. The zero-order chi connectivity index (χ0) is 18.4. The summed E-state index contributed by atoms with van der Waals surface area (Å²) in [5.41, 5.74) is 3.92. The van der Waals surface area contributed by atoms with Gasteiger partial charge in [0.25, 0.3) is 0 Å². The van der Waals surface area contributed by atoms with Gasteiger partial charge in [0.05, 0.1) is 22.3 Å². The number of nitrogens with zero attached hydrogens (tertiary/aromatic N) is 4. The lowest BCUT2D eigenvalue weighted by Gasteiger charge is -2.14. The molecule has 0 bridgehead atoms. The summed E-state index contributed by atoms with van der Waals surface area (Å²) in [6.45, 7) is 2.36. The molecule has 8 heteroatoms. The average Bonchev–Trinajstić information content (AvgIpc) is 3.25. The van der Waals surface area contributed by atoms with Crippen LogP contribution < -0.4 is 10.2 Å². The van der Waals surface area contributed by atoms with Gasteiger partial charge in [0.1, 0.15) is 6.61 Å². The van der Waals surface area contributed by atoms with Crippen LogP contribution in [0.5, 0.6) is 0 Å². The largest absolute Gasteiger partial charge is 0.447 e. The van der Waals surface area contributed by atoms with E-state index in [9.17, 15) is 4.79 Å². The number of carbonyl (C=O) groups excluding carboxylic acids is 1. The maximum atomic E-state index is 12.0. The number of nitrogens with one attached hydrogen (secondary N) is 1. The molecule has 1 unspecified atom stereocenters. The maximum absolute atomic E-state index is 12.0. The van der Waals surface area contributed by atoms with Gasteiger partial charge in [-0.3, -0.25) is 0 Å². The number of thiazole rings is 1. The predicted molar refractivity (Wildman–Crippen MR) is 104 cm³/mol. The molecular weight excluding hydrogens is 362 g/mol. The number of anilines is 3. The molecule has 1 amide bonds. The first-order chi connectivity index (χ1) is 13.2. The molecule has 3 heterocycles. The third-order valence-electron chi connectivity index (χ3n) is 4.72. The van der Waals surface area contributed by atoms with Gasteiger partial charge in [0, 0.05) is 11.9 Å². The number of aryl methyl sites for hydroxylation is 2. The van der Waals surface area contributed by atoms with Crippen LogP contribution in [0.25, 0.3) is 10.6 Å². The number of cyclic esters (lactones) is 1. The highest BCUT2D eigenvalue weighted by molar-refractivity contribution is 7.19. The molecule has 3 aromatic rings. The predicted octanol–water partition coefficient (Wildman–Crippen LogP) is 3.79. The summed E-state index contributed by atoms with van der Waals surface area (Å²) < 4.78 is 5.14. The van der Waals surface area contributed by atoms with E-state index in [1.165, 1.54) is 11.3 Å². The van der Waals surface area contributed by atoms with Gasteiger partial charge in [-0.05, 0) is 37.5 Å². The van der Waals surface area contributed by atoms with Crippen molar-refractivity contribution < 1.29 is 9.53 Å². The third-order valence-corrected chi connectivity index (χ3v) is 5.82. The quantitative estimate of drug-likeness (QED) is 0.746. The van der Waals surface area contributed by atoms with Gasteiger partial charge in [-0.1, -0.05) is 29.5 Å². The number of aromatic nitrogens is 3. The zero-order valence-corrected chi connectivity index (χ0v) is 15.5. The number of para-hydroxylation sites is 1. The van der Waals surface area contributed by atoms with Crippen molar-refractivity contribution in [1.82, 2.24) is 15.0 Å². The van der Waals surface area contributed by atoms with E-state index in [0.29, 0.717) is 17.7 Å². The molecule has 27 heavy (non-hydrogen) atoms. The van der Waals surface area contributed by atoms with Crippen LogP contribution in [0.3, 0.4) is 0 Å². The molecule has 0 radical (unpaired) electrons. The first kappa shape index (κ1) is 16.2. The average molecular weight is 379 g/mol. The highest BCUT2D eigenvalue weighted by Crippen LogP contribution is 2.41. The normalized spacial score (nSPS) is 18.0. The van der Waals surface area contributed by atoms with Crippen molar-refractivity contribution in [3.63, 3.8) is 0 Å². The van der Waals surface area contributed by atoms with E-state index in [2.05, 4.69) is 10.3 Å². The van der Waals surface area contributed by atoms with Gasteiger partial charge < -0.3 is 10.1 Å². The lowest BCUT2D eigenvalue weighted by Crippen LogP contribution is -2.30. The summed E-state index contributed by atoms with van der Waals surface area (Å²) in [6, 6.07) is 9.83. The molecule has 1 aliphatic carbocycles. The van der Waals surface area contributed by atoms with Crippen molar-refractivity contribution >= 4 is 34.2 Å². The lowest BCUT2D eigenvalue weighted by atomic mass is 10.00. The zero-order valence-electron chi connectivity index (χ0n) is 14.7. The Hall–Kier alpha value is -3.00. The van der Waals surface area contributed by atoms with Crippen LogP contribution in [0.15, 0.2) is 36.5 Å². The molecule has 2 aromatic heterocycles. The number of ether oxygens (including phenoxy) is 1. The minimum absolute atomic E-state index is 0.00900. The molecule has 7 nitrogen and oxygen atoms in total. The number of benzene rings is 1. The Morgan fingerprint density at radius 2 is 2.07 bits per heavy atom. The molecule has 5 rings (SSSR count). The monoisotopic (exact) mass is 379 g/mol. The molecule has 1 atom stereocenters. The van der Waals surface area contributed by atoms with Crippen LogP contribution in [0.1, 0.15) is 18.2 Å². The molecule has 0 spiro atoms. The topological polar surface area (TPSA) is 80.2 Å². The van der Waals surface area contributed by atoms with E-state index in [1.807, 2.05) is 43.5 Å². The molecule has 136 valence electrons. The number of amides is 1. The molecule has 1 aliphatic heterocycles. The van der Waals surface area contributed by atoms with Crippen LogP contribution in [-0.4, -0.2) is 33.7 Å². The van der Waals surface area contributed by atoms with Gasteiger partial charge in [-0.25, -0.2) is 24.6 Å². The van der Waals surface area contributed by atoms with Gasteiger partial charge in [-0.2, -0.15) is 0 Å². The number of hydrogen-bond acceptors (Lipinski definition) is 7. The second-order valence-electron chi connectivity index (χ2n) is 6.63. The van der Waals surface area contributed by atoms with Crippen molar-refractivity contribution in [3.8, 4) is 10.6 Å². The fraction of sp³-hybridized carbons (Fsp3) is 0.263. The third kappa shape index (κ3) is 2.82. The van der Waals surface area contributed by atoms with Crippen LogP contribution in [0.2, 0.25) is 0 Å². The van der Waals surface area contributed by atoms with E-state index < -0.39 is 0 Å². The standard InChI is InChI=1S/C19H17N5O2S/c1-11-10-26-19(25)24(11)18-22-14-8-7-12-9-20-17(23-15(12)16(14)27-18)21-13-5-3-2-4-6-13/h2-6,9,11H,7-8,10H2,1H3,(H,20,21,23). The molecule has 1 fully saturated rings. The fourth-order valence-corrected chi connectivity index (χ4v) is 4.56. The van der Waals surface area contributed by atoms with E-state index in [4.69, 9.17) is 14.7 Å². The van der Waals surface area contributed by atoms with Gasteiger partial charge in [0.2, 0.25) is 5.95 Å². The van der Waals surface area contributed by atoms with Crippen molar-refractivity contribution in [2.24, 2.45) is 0 Å². The molecule has 0 saturated carbocycles. The summed E-state index contributed by atoms with van der Waals surface area (Å²) in [7, 11) is 0. The molecule has 1 aromatic carbocycles. The first-order valence-corrected chi connectivity index (χ1v) is 9.65. The first-order valence-electron chi connectivity index (χ1n) is 8.83.